The first-order valence-electron chi connectivity index (χ1n) is 14.5. The quantitative estimate of drug-likeness (QED) is 0.321. The van der Waals surface area contributed by atoms with Gasteiger partial charge in [-0.15, -0.1) is 0 Å². The molecule has 2 amide bonds. The molecule has 42 heavy (non-hydrogen) atoms. The van der Waals surface area contributed by atoms with Gasteiger partial charge in [0, 0.05) is 12.6 Å². The molecule has 0 bridgehead atoms. The fourth-order valence-electron chi connectivity index (χ4n) is 5.18. The number of anilines is 1. The van der Waals surface area contributed by atoms with Gasteiger partial charge in [0.1, 0.15) is 18.4 Å². The van der Waals surface area contributed by atoms with E-state index in [0.717, 1.165) is 53.1 Å². The second-order valence-electron chi connectivity index (χ2n) is 11.3. The molecule has 0 radical (unpaired) electrons. The fraction of sp³-hybridized carbons (Fsp3) is 0.394. The Morgan fingerprint density at radius 1 is 0.905 bits per heavy atom. The van der Waals surface area contributed by atoms with Gasteiger partial charge in [-0.3, -0.25) is 13.9 Å². The molecule has 7 nitrogen and oxygen atoms in total. The first-order valence-corrected chi connectivity index (χ1v) is 15.9. The summed E-state index contributed by atoms with van der Waals surface area (Å²) in [5, 5.41) is 3.08. The van der Waals surface area contributed by atoms with Crippen LogP contribution in [0.4, 0.5) is 10.1 Å². The van der Waals surface area contributed by atoms with Crippen molar-refractivity contribution in [1.82, 2.24) is 10.2 Å². The second-order valence-corrected chi connectivity index (χ2v) is 13.1. The van der Waals surface area contributed by atoms with E-state index in [-0.39, 0.29) is 23.4 Å². The molecule has 0 aliphatic heterocycles. The zero-order valence-electron chi connectivity index (χ0n) is 24.8. The maximum Gasteiger partial charge on any atom is 0.264 e. The van der Waals surface area contributed by atoms with Crippen LogP contribution in [0.2, 0.25) is 0 Å². The van der Waals surface area contributed by atoms with E-state index in [4.69, 9.17) is 0 Å². The number of amides is 2. The Hall–Kier alpha value is -3.72. The van der Waals surface area contributed by atoms with Gasteiger partial charge in [0.15, 0.2) is 0 Å². The molecule has 1 saturated carbocycles. The van der Waals surface area contributed by atoms with E-state index in [1.54, 1.807) is 43.3 Å². The molecule has 1 aliphatic carbocycles. The third kappa shape index (κ3) is 7.56. The lowest BCUT2D eigenvalue weighted by atomic mass is 9.95. The highest BCUT2D eigenvalue weighted by Gasteiger charge is 2.33. The summed E-state index contributed by atoms with van der Waals surface area (Å²) in [7, 11) is -4.14. The number of halogens is 1. The average Bonchev–Trinajstić information content (AvgIpc) is 2.97. The number of nitrogens with one attached hydrogen (secondary N) is 1. The molecular formula is C33H40FN3O4S. The summed E-state index contributed by atoms with van der Waals surface area (Å²) in [6.45, 7) is 6.84. The number of benzene rings is 3. The molecule has 3 aromatic carbocycles. The highest BCUT2D eigenvalue weighted by molar-refractivity contribution is 7.92. The monoisotopic (exact) mass is 593 g/mol. The van der Waals surface area contributed by atoms with Crippen LogP contribution in [-0.2, 0) is 26.2 Å². The first-order chi connectivity index (χ1) is 20.0. The Morgan fingerprint density at radius 3 is 2.17 bits per heavy atom. The topological polar surface area (TPSA) is 86.8 Å². The summed E-state index contributed by atoms with van der Waals surface area (Å²) >= 11 is 0. The number of hydrogen-bond acceptors (Lipinski definition) is 4. The molecule has 0 unspecified atom stereocenters. The van der Waals surface area contributed by atoms with Gasteiger partial charge in [-0.25, -0.2) is 12.8 Å². The molecule has 4 rings (SSSR count). The van der Waals surface area contributed by atoms with Gasteiger partial charge in [0.2, 0.25) is 11.8 Å². The smallest absolute Gasteiger partial charge is 0.264 e. The number of aryl methyl sites for hydroxylation is 3. The Bertz CT molecular complexity index is 1500. The summed E-state index contributed by atoms with van der Waals surface area (Å²) < 4.78 is 42.7. The first kappa shape index (κ1) is 31.2. The molecule has 1 N–H and O–H groups in total. The molecule has 9 heteroatoms. The van der Waals surface area contributed by atoms with Crippen LogP contribution < -0.4 is 9.62 Å². The minimum Gasteiger partial charge on any atom is -0.352 e. The number of carbonyl (C=O) groups excluding carboxylic acids is 2. The van der Waals surface area contributed by atoms with E-state index in [1.165, 1.54) is 29.2 Å². The Labute approximate surface area is 248 Å². The molecule has 224 valence electrons. The fourth-order valence-corrected chi connectivity index (χ4v) is 6.59. The van der Waals surface area contributed by atoms with Gasteiger partial charge in [-0.2, -0.15) is 0 Å². The second kappa shape index (κ2) is 13.5. The zero-order chi connectivity index (χ0) is 30.4. The normalized spacial score (nSPS) is 14.7. The summed E-state index contributed by atoms with van der Waals surface area (Å²) in [5.41, 5.74) is 3.76. The number of rotatable bonds is 10. The summed E-state index contributed by atoms with van der Waals surface area (Å²) in [6, 6.07) is 16.6. The van der Waals surface area contributed by atoms with Gasteiger partial charge in [0.25, 0.3) is 10.0 Å². The van der Waals surface area contributed by atoms with Crippen molar-refractivity contribution in [2.24, 2.45) is 0 Å². The zero-order valence-corrected chi connectivity index (χ0v) is 25.6. The lowest BCUT2D eigenvalue weighted by Gasteiger charge is -2.33. The van der Waals surface area contributed by atoms with Crippen molar-refractivity contribution in [2.75, 3.05) is 10.8 Å². The van der Waals surface area contributed by atoms with Crippen LogP contribution in [0.1, 0.15) is 61.3 Å². The number of carbonyl (C=O) groups is 2. The summed E-state index contributed by atoms with van der Waals surface area (Å²) in [5.74, 6) is -1.25. The van der Waals surface area contributed by atoms with Crippen molar-refractivity contribution in [3.05, 3.63) is 94.8 Å². The molecule has 0 aromatic heterocycles. The van der Waals surface area contributed by atoms with Crippen LogP contribution >= 0.6 is 0 Å². The number of sulfonamides is 1. The van der Waals surface area contributed by atoms with Crippen LogP contribution in [0.5, 0.6) is 0 Å². The molecule has 1 atom stereocenters. The predicted molar refractivity (Wildman–Crippen MR) is 163 cm³/mol. The minimum absolute atomic E-state index is 0.0176. The molecular weight excluding hydrogens is 553 g/mol. The lowest BCUT2D eigenvalue weighted by molar-refractivity contribution is -0.139. The highest BCUT2D eigenvalue weighted by Crippen LogP contribution is 2.27. The standard InChI is InChI=1S/C33H40FN3O4S/c1-23-10-18-31(19-11-23)42(40,41)37(30-17-12-24(2)25(3)20-30)22-32(38)36(21-27-13-15-28(34)16-14-27)26(4)33(39)35-29-8-6-5-7-9-29/h10-20,26,29H,5-9,21-22H2,1-4H3,(H,35,39)/t26-/m1/s1. The average molecular weight is 594 g/mol. The molecule has 1 fully saturated rings. The SMILES string of the molecule is Cc1ccc(S(=O)(=O)N(CC(=O)N(Cc2ccc(F)cc2)[C@H](C)C(=O)NC2CCCCC2)c2ccc(C)c(C)c2)cc1. The van der Waals surface area contributed by atoms with Gasteiger partial charge >= 0.3 is 0 Å². The molecule has 3 aromatic rings. The van der Waals surface area contributed by atoms with E-state index in [0.29, 0.717) is 11.3 Å². The van der Waals surface area contributed by atoms with Gasteiger partial charge in [0.05, 0.1) is 10.6 Å². The van der Waals surface area contributed by atoms with Crippen molar-refractivity contribution < 1.29 is 22.4 Å². The Balaban J connectivity index is 1.69. The minimum atomic E-state index is -4.14. The maximum absolute atomic E-state index is 14.1. The van der Waals surface area contributed by atoms with Crippen molar-refractivity contribution >= 4 is 27.5 Å². The van der Waals surface area contributed by atoms with Gasteiger partial charge < -0.3 is 10.2 Å². The summed E-state index contributed by atoms with van der Waals surface area (Å²) in [4.78, 5) is 28.9. The van der Waals surface area contributed by atoms with Crippen molar-refractivity contribution in [1.29, 1.82) is 0 Å². The van der Waals surface area contributed by atoms with E-state index >= 15 is 0 Å². The summed E-state index contributed by atoms with van der Waals surface area (Å²) in [6.07, 6.45) is 5.00. The van der Waals surface area contributed by atoms with Crippen LogP contribution in [0.25, 0.3) is 0 Å². The number of hydrogen-bond donors (Lipinski definition) is 1. The van der Waals surface area contributed by atoms with E-state index < -0.39 is 34.3 Å². The van der Waals surface area contributed by atoms with Crippen molar-refractivity contribution in [3.63, 3.8) is 0 Å². The third-order valence-corrected chi connectivity index (χ3v) is 9.84. The molecule has 1 aliphatic rings. The third-order valence-electron chi connectivity index (χ3n) is 8.05. The van der Waals surface area contributed by atoms with Crippen molar-refractivity contribution in [3.8, 4) is 0 Å². The Morgan fingerprint density at radius 2 is 1.55 bits per heavy atom. The van der Waals surface area contributed by atoms with E-state index in [1.807, 2.05) is 26.8 Å². The largest absolute Gasteiger partial charge is 0.352 e. The molecule has 0 saturated heterocycles. The van der Waals surface area contributed by atoms with E-state index in [9.17, 15) is 22.4 Å². The highest BCUT2D eigenvalue weighted by atomic mass is 32.2. The van der Waals surface area contributed by atoms with Crippen LogP contribution in [0.3, 0.4) is 0 Å². The lowest BCUT2D eigenvalue weighted by Crippen LogP contribution is -2.53. The van der Waals surface area contributed by atoms with Gasteiger partial charge in [-0.05, 0) is 93.6 Å². The van der Waals surface area contributed by atoms with Gasteiger partial charge in [-0.1, -0.05) is 55.2 Å². The van der Waals surface area contributed by atoms with E-state index in [2.05, 4.69) is 5.32 Å². The van der Waals surface area contributed by atoms with Crippen LogP contribution in [0, 0.1) is 26.6 Å². The van der Waals surface area contributed by atoms with Crippen LogP contribution in [0.15, 0.2) is 71.6 Å². The Kier molecular flexibility index (Phi) is 10.0. The predicted octanol–water partition coefficient (Wildman–Crippen LogP) is 5.81. The number of nitrogens with zero attached hydrogens (tertiary/aromatic N) is 2. The van der Waals surface area contributed by atoms with Crippen LogP contribution in [-0.4, -0.2) is 43.8 Å². The molecule has 0 heterocycles. The van der Waals surface area contributed by atoms with Crippen molar-refractivity contribution in [2.45, 2.75) is 83.3 Å². The maximum atomic E-state index is 14.1. The molecule has 0 spiro atoms.